The van der Waals surface area contributed by atoms with E-state index in [0.29, 0.717) is 6.42 Å². The SMILES string of the molecule is C=C(C)C[C@@H](NC(=O)CC(c1ccccc1)(c1ccccc1)c1ccccc1)C(N)=O. The van der Waals surface area contributed by atoms with Crippen molar-refractivity contribution in [3.63, 3.8) is 0 Å². The second-order valence-electron chi connectivity index (χ2n) is 7.86. The molecule has 0 heterocycles. The third-order valence-electron chi connectivity index (χ3n) is 5.46. The van der Waals surface area contributed by atoms with E-state index in [9.17, 15) is 9.59 Å². The van der Waals surface area contributed by atoms with Crippen molar-refractivity contribution in [2.24, 2.45) is 5.73 Å². The molecule has 3 rings (SSSR count). The summed E-state index contributed by atoms with van der Waals surface area (Å²) in [5, 5.41) is 2.84. The fraction of sp³-hybridized carbons (Fsp3) is 0.185. The molecule has 0 fully saturated rings. The summed E-state index contributed by atoms with van der Waals surface area (Å²) in [5.74, 6) is -0.817. The first-order valence-electron chi connectivity index (χ1n) is 10.3. The van der Waals surface area contributed by atoms with Gasteiger partial charge in [0.25, 0.3) is 0 Å². The molecule has 0 saturated carbocycles. The predicted octanol–water partition coefficient (Wildman–Crippen LogP) is 4.35. The minimum absolute atomic E-state index is 0.130. The maximum atomic E-state index is 13.3. The molecule has 0 saturated heterocycles. The van der Waals surface area contributed by atoms with Crippen molar-refractivity contribution < 1.29 is 9.59 Å². The van der Waals surface area contributed by atoms with Gasteiger partial charge in [-0.25, -0.2) is 0 Å². The van der Waals surface area contributed by atoms with Crippen molar-refractivity contribution in [2.45, 2.75) is 31.2 Å². The smallest absolute Gasteiger partial charge is 0.240 e. The molecule has 4 heteroatoms. The molecule has 0 spiro atoms. The van der Waals surface area contributed by atoms with Crippen LogP contribution in [-0.4, -0.2) is 17.9 Å². The Morgan fingerprint density at radius 3 is 1.55 bits per heavy atom. The van der Waals surface area contributed by atoms with Gasteiger partial charge in [0.1, 0.15) is 6.04 Å². The Labute approximate surface area is 183 Å². The average molecular weight is 413 g/mol. The molecule has 3 aromatic carbocycles. The fourth-order valence-corrected chi connectivity index (χ4v) is 4.03. The third kappa shape index (κ3) is 5.10. The number of hydrogen-bond acceptors (Lipinski definition) is 2. The summed E-state index contributed by atoms with van der Waals surface area (Å²) in [6.07, 6.45) is 0.446. The van der Waals surface area contributed by atoms with Gasteiger partial charge in [0.05, 0.1) is 5.41 Å². The van der Waals surface area contributed by atoms with E-state index in [0.717, 1.165) is 22.3 Å². The molecule has 31 heavy (non-hydrogen) atoms. The van der Waals surface area contributed by atoms with Crippen LogP contribution >= 0.6 is 0 Å². The number of rotatable bonds is 9. The summed E-state index contributed by atoms with van der Waals surface area (Å²) in [6, 6.07) is 29.1. The minimum atomic E-state index is -0.787. The van der Waals surface area contributed by atoms with Crippen molar-refractivity contribution in [3.8, 4) is 0 Å². The van der Waals surface area contributed by atoms with E-state index >= 15 is 0 Å². The highest BCUT2D eigenvalue weighted by Crippen LogP contribution is 2.42. The second kappa shape index (κ2) is 9.90. The Morgan fingerprint density at radius 1 is 0.839 bits per heavy atom. The number of carbonyl (C=O) groups is 2. The lowest BCUT2D eigenvalue weighted by Gasteiger charge is -2.36. The highest BCUT2D eigenvalue weighted by Gasteiger charge is 2.39. The van der Waals surface area contributed by atoms with E-state index in [4.69, 9.17) is 5.73 Å². The standard InChI is InChI=1S/C27H28N2O2/c1-20(2)18-24(26(28)31)29-25(30)19-27(21-12-6-3-7-13-21,22-14-8-4-9-15-22)23-16-10-5-11-17-23/h3-17,24H,1,18-19H2,2H3,(H2,28,31)(H,29,30)/t24-/m1/s1. The lowest BCUT2D eigenvalue weighted by Crippen LogP contribution is -2.47. The Balaban J connectivity index is 2.11. The molecule has 4 nitrogen and oxygen atoms in total. The zero-order chi connectivity index (χ0) is 22.3. The van der Waals surface area contributed by atoms with Crippen LogP contribution in [0.4, 0.5) is 0 Å². The molecule has 0 bridgehead atoms. The van der Waals surface area contributed by atoms with Gasteiger partial charge in [0, 0.05) is 6.42 Å². The minimum Gasteiger partial charge on any atom is -0.368 e. The lowest BCUT2D eigenvalue weighted by atomic mass is 9.67. The van der Waals surface area contributed by atoms with E-state index in [1.807, 2.05) is 97.9 Å². The van der Waals surface area contributed by atoms with Crippen LogP contribution in [0.5, 0.6) is 0 Å². The van der Waals surface area contributed by atoms with E-state index < -0.39 is 17.4 Å². The molecule has 0 aromatic heterocycles. The highest BCUT2D eigenvalue weighted by atomic mass is 16.2. The van der Waals surface area contributed by atoms with Gasteiger partial charge in [0.2, 0.25) is 11.8 Å². The molecule has 0 aliphatic heterocycles. The van der Waals surface area contributed by atoms with Gasteiger partial charge in [-0.2, -0.15) is 0 Å². The number of benzene rings is 3. The summed E-state index contributed by atoms with van der Waals surface area (Å²) in [4.78, 5) is 25.2. The maximum absolute atomic E-state index is 13.3. The zero-order valence-corrected chi connectivity index (χ0v) is 17.8. The molecular weight excluding hydrogens is 384 g/mol. The number of hydrogen-bond donors (Lipinski definition) is 2. The molecule has 3 N–H and O–H groups in total. The highest BCUT2D eigenvalue weighted by molar-refractivity contribution is 5.88. The number of nitrogens with one attached hydrogen (secondary N) is 1. The van der Waals surface area contributed by atoms with Crippen LogP contribution in [0.15, 0.2) is 103 Å². The average Bonchev–Trinajstić information content (AvgIpc) is 2.78. The van der Waals surface area contributed by atoms with Gasteiger partial charge in [-0.05, 0) is 30.0 Å². The van der Waals surface area contributed by atoms with Crippen LogP contribution in [0, 0.1) is 0 Å². The molecular formula is C27H28N2O2. The first-order chi connectivity index (χ1) is 14.9. The first-order valence-corrected chi connectivity index (χ1v) is 10.3. The largest absolute Gasteiger partial charge is 0.368 e. The van der Waals surface area contributed by atoms with Crippen molar-refractivity contribution in [2.75, 3.05) is 0 Å². The quantitative estimate of drug-likeness (QED) is 0.405. The van der Waals surface area contributed by atoms with Crippen molar-refractivity contribution >= 4 is 11.8 Å². The summed E-state index contributed by atoms with van der Waals surface area (Å²) in [6.45, 7) is 5.65. The lowest BCUT2D eigenvalue weighted by molar-refractivity contribution is -0.127. The van der Waals surface area contributed by atoms with Crippen molar-refractivity contribution in [3.05, 3.63) is 120 Å². The molecule has 0 radical (unpaired) electrons. The molecule has 3 aromatic rings. The molecule has 0 unspecified atom stereocenters. The predicted molar refractivity (Wildman–Crippen MR) is 124 cm³/mol. The maximum Gasteiger partial charge on any atom is 0.240 e. The number of nitrogens with two attached hydrogens (primary N) is 1. The molecule has 2 amide bonds. The van der Waals surface area contributed by atoms with Gasteiger partial charge >= 0.3 is 0 Å². The van der Waals surface area contributed by atoms with Crippen LogP contribution in [0.25, 0.3) is 0 Å². The number of carbonyl (C=O) groups excluding carboxylic acids is 2. The van der Waals surface area contributed by atoms with Crippen LogP contribution < -0.4 is 11.1 Å². The zero-order valence-electron chi connectivity index (χ0n) is 17.8. The fourth-order valence-electron chi connectivity index (χ4n) is 4.03. The normalized spacial score (nSPS) is 12.0. The molecule has 0 aliphatic carbocycles. The Morgan fingerprint density at radius 2 is 1.23 bits per heavy atom. The molecule has 1 atom stereocenters. The summed E-state index contributed by atoms with van der Waals surface area (Å²) in [7, 11) is 0. The van der Waals surface area contributed by atoms with Crippen LogP contribution in [0.2, 0.25) is 0 Å². The van der Waals surface area contributed by atoms with Crippen molar-refractivity contribution in [1.82, 2.24) is 5.32 Å². The topological polar surface area (TPSA) is 72.2 Å². The van der Waals surface area contributed by atoms with E-state index in [1.165, 1.54) is 0 Å². The van der Waals surface area contributed by atoms with Crippen LogP contribution in [0.3, 0.4) is 0 Å². The summed E-state index contributed by atoms with van der Waals surface area (Å²) in [5.41, 5.74) is 8.59. The van der Waals surface area contributed by atoms with Crippen LogP contribution in [-0.2, 0) is 15.0 Å². The van der Waals surface area contributed by atoms with Gasteiger partial charge in [-0.3, -0.25) is 9.59 Å². The molecule has 158 valence electrons. The summed E-state index contributed by atoms with van der Waals surface area (Å²) >= 11 is 0. The Kier molecular flexibility index (Phi) is 7.03. The van der Waals surface area contributed by atoms with E-state index in [2.05, 4.69) is 11.9 Å². The Bertz CT molecular complexity index is 934. The van der Waals surface area contributed by atoms with Gasteiger partial charge in [-0.1, -0.05) is 96.6 Å². The monoisotopic (exact) mass is 412 g/mol. The van der Waals surface area contributed by atoms with Crippen molar-refractivity contribution in [1.29, 1.82) is 0 Å². The third-order valence-corrected chi connectivity index (χ3v) is 5.46. The first kappa shape index (κ1) is 22.0. The molecule has 0 aliphatic rings. The van der Waals surface area contributed by atoms with Gasteiger partial charge in [-0.15, -0.1) is 6.58 Å². The number of primary amides is 1. The van der Waals surface area contributed by atoms with E-state index in [-0.39, 0.29) is 12.3 Å². The Hall–Kier alpha value is -3.66. The van der Waals surface area contributed by atoms with Crippen LogP contribution in [0.1, 0.15) is 36.5 Å². The van der Waals surface area contributed by atoms with Gasteiger partial charge in [0.15, 0.2) is 0 Å². The van der Waals surface area contributed by atoms with Gasteiger partial charge < -0.3 is 11.1 Å². The second-order valence-corrected chi connectivity index (χ2v) is 7.86. The number of amides is 2. The summed E-state index contributed by atoms with van der Waals surface area (Å²) < 4.78 is 0. The van der Waals surface area contributed by atoms with E-state index in [1.54, 1.807) is 0 Å².